The van der Waals surface area contributed by atoms with E-state index < -0.39 is 11.8 Å². The minimum atomic E-state index is -0.496. The smallest absolute Gasteiger partial charge is 0.264 e. The maximum Gasteiger partial charge on any atom is 0.264 e. The molecule has 2 rings (SSSR count). The summed E-state index contributed by atoms with van der Waals surface area (Å²) in [5.41, 5.74) is 8.37. The molecule has 2 aromatic rings. The van der Waals surface area contributed by atoms with Gasteiger partial charge in [-0.05, 0) is 78.2 Å². The number of carbonyl (C=O) groups excluding carboxylic acids is 3. The first-order chi connectivity index (χ1) is 15.5. The predicted molar refractivity (Wildman–Crippen MR) is 138 cm³/mol. The van der Waals surface area contributed by atoms with Gasteiger partial charge >= 0.3 is 0 Å². The maximum atomic E-state index is 12.1. The summed E-state index contributed by atoms with van der Waals surface area (Å²) < 4.78 is 7.13. The Labute approximate surface area is 214 Å². The molecule has 0 bridgehead atoms. The van der Waals surface area contributed by atoms with Crippen molar-refractivity contribution in [2.24, 2.45) is 0 Å². The lowest BCUT2D eigenvalue weighted by molar-refractivity contribution is -0.125. The highest BCUT2D eigenvalue weighted by atomic mass is 79.9. The molecule has 33 heavy (non-hydrogen) atoms. The van der Waals surface area contributed by atoms with Crippen LogP contribution in [0.15, 0.2) is 39.3 Å². The lowest BCUT2D eigenvalue weighted by atomic mass is 10.1. The average molecular weight is 600 g/mol. The number of hydrogen-bond donors (Lipinski definition) is 4. The molecule has 0 fully saturated rings. The zero-order valence-corrected chi connectivity index (χ0v) is 22.3. The third-order valence-electron chi connectivity index (χ3n) is 4.35. The molecular formula is C22H24Br2N4O4S. The van der Waals surface area contributed by atoms with Crippen LogP contribution < -0.4 is 26.2 Å². The number of halogens is 2. The quantitative estimate of drug-likeness (QED) is 0.283. The molecule has 0 aromatic heterocycles. The number of hydrogen-bond acceptors (Lipinski definition) is 5. The normalized spacial score (nSPS) is 10.2. The molecule has 0 saturated carbocycles. The van der Waals surface area contributed by atoms with Crippen molar-refractivity contribution in [2.45, 2.75) is 33.6 Å². The Morgan fingerprint density at radius 2 is 1.61 bits per heavy atom. The van der Waals surface area contributed by atoms with E-state index in [-0.39, 0.29) is 30.5 Å². The average Bonchev–Trinajstić information content (AvgIpc) is 2.72. The van der Waals surface area contributed by atoms with Crippen molar-refractivity contribution < 1.29 is 19.1 Å². The summed E-state index contributed by atoms with van der Waals surface area (Å²) in [6.07, 6.45) is -0.0600. The summed E-state index contributed by atoms with van der Waals surface area (Å²) in [6, 6.07) is 9.36. The molecule has 2 aromatic carbocycles. The van der Waals surface area contributed by atoms with Gasteiger partial charge < -0.3 is 10.1 Å². The van der Waals surface area contributed by atoms with Crippen LogP contribution in [0.5, 0.6) is 5.75 Å². The van der Waals surface area contributed by atoms with Gasteiger partial charge in [0.2, 0.25) is 11.8 Å². The zero-order valence-electron chi connectivity index (χ0n) is 18.3. The van der Waals surface area contributed by atoms with Gasteiger partial charge in [-0.1, -0.05) is 33.6 Å². The molecule has 176 valence electrons. The van der Waals surface area contributed by atoms with E-state index in [9.17, 15) is 14.4 Å². The van der Waals surface area contributed by atoms with Crippen LogP contribution in [0.3, 0.4) is 0 Å². The van der Waals surface area contributed by atoms with Gasteiger partial charge in [0.1, 0.15) is 5.75 Å². The predicted octanol–water partition coefficient (Wildman–Crippen LogP) is 3.96. The van der Waals surface area contributed by atoms with Gasteiger partial charge in [0, 0.05) is 23.0 Å². The molecule has 0 aliphatic carbocycles. The van der Waals surface area contributed by atoms with Gasteiger partial charge in [-0.15, -0.1) is 0 Å². The SMILES string of the molecule is Cc1ccc(NC(=O)CCC(=O)NNC(=S)NC(=O)COc2c(C)cc(Br)cc2Br)c(C)c1. The number of nitrogens with one attached hydrogen (secondary N) is 4. The van der Waals surface area contributed by atoms with Crippen LogP contribution in [0.1, 0.15) is 29.5 Å². The van der Waals surface area contributed by atoms with Gasteiger partial charge in [0.05, 0.1) is 4.47 Å². The molecule has 11 heteroatoms. The molecule has 8 nitrogen and oxygen atoms in total. The molecule has 3 amide bonds. The van der Waals surface area contributed by atoms with E-state index in [4.69, 9.17) is 17.0 Å². The maximum absolute atomic E-state index is 12.1. The zero-order chi connectivity index (χ0) is 24.5. The van der Waals surface area contributed by atoms with E-state index >= 15 is 0 Å². The molecular weight excluding hydrogens is 576 g/mol. The van der Waals surface area contributed by atoms with Gasteiger partial charge in [-0.3, -0.25) is 30.6 Å². The van der Waals surface area contributed by atoms with Crippen molar-refractivity contribution in [3.8, 4) is 5.75 Å². The van der Waals surface area contributed by atoms with Crippen molar-refractivity contribution in [2.75, 3.05) is 11.9 Å². The molecule has 0 aliphatic heterocycles. The highest BCUT2D eigenvalue weighted by Crippen LogP contribution is 2.32. The van der Waals surface area contributed by atoms with Crippen LogP contribution in [-0.4, -0.2) is 29.4 Å². The fourth-order valence-electron chi connectivity index (χ4n) is 2.79. The Bertz CT molecular complexity index is 1060. The van der Waals surface area contributed by atoms with E-state index in [2.05, 4.69) is 53.3 Å². The first-order valence-corrected chi connectivity index (χ1v) is 11.9. The molecule has 0 heterocycles. The lowest BCUT2D eigenvalue weighted by Gasteiger charge is -2.13. The van der Waals surface area contributed by atoms with Crippen LogP contribution in [0.25, 0.3) is 0 Å². The van der Waals surface area contributed by atoms with Crippen molar-refractivity contribution in [1.82, 2.24) is 16.2 Å². The lowest BCUT2D eigenvalue weighted by Crippen LogP contribution is -2.49. The van der Waals surface area contributed by atoms with Gasteiger partial charge in [0.25, 0.3) is 5.91 Å². The van der Waals surface area contributed by atoms with Crippen LogP contribution in [0.4, 0.5) is 5.69 Å². The Morgan fingerprint density at radius 3 is 2.27 bits per heavy atom. The minimum Gasteiger partial charge on any atom is -0.482 e. The van der Waals surface area contributed by atoms with Crippen molar-refractivity contribution in [3.05, 3.63) is 56.0 Å². The van der Waals surface area contributed by atoms with E-state index in [1.165, 1.54) is 0 Å². The summed E-state index contributed by atoms with van der Waals surface area (Å²) in [5.74, 6) is -0.684. The minimum absolute atomic E-state index is 0.00475. The molecule has 0 aliphatic rings. The van der Waals surface area contributed by atoms with Crippen LogP contribution in [-0.2, 0) is 14.4 Å². The van der Waals surface area contributed by atoms with Gasteiger partial charge in [-0.25, -0.2) is 0 Å². The molecule has 0 unspecified atom stereocenters. The Hall–Kier alpha value is -2.50. The summed E-state index contributed by atoms with van der Waals surface area (Å²) in [4.78, 5) is 36.1. The molecule has 0 saturated heterocycles. The van der Waals surface area contributed by atoms with E-state index in [1.54, 1.807) is 0 Å². The fourth-order valence-corrected chi connectivity index (χ4v) is 4.50. The highest BCUT2D eigenvalue weighted by Gasteiger charge is 2.12. The Morgan fingerprint density at radius 1 is 0.909 bits per heavy atom. The summed E-state index contributed by atoms with van der Waals surface area (Å²) >= 11 is 11.8. The second kappa shape index (κ2) is 12.7. The highest BCUT2D eigenvalue weighted by molar-refractivity contribution is 9.11. The summed E-state index contributed by atoms with van der Waals surface area (Å²) in [7, 11) is 0. The van der Waals surface area contributed by atoms with Gasteiger partial charge in [-0.2, -0.15) is 0 Å². The van der Waals surface area contributed by atoms with E-state index in [0.29, 0.717) is 15.9 Å². The second-order valence-corrected chi connectivity index (χ2v) is 9.42. The molecule has 0 spiro atoms. The monoisotopic (exact) mass is 598 g/mol. The van der Waals surface area contributed by atoms with E-state index in [1.807, 2.05) is 51.1 Å². The topological polar surface area (TPSA) is 109 Å². The number of hydrazine groups is 1. The summed E-state index contributed by atoms with van der Waals surface area (Å²) in [6.45, 7) is 5.46. The van der Waals surface area contributed by atoms with Crippen LogP contribution in [0.2, 0.25) is 0 Å². The number of anilines is 1. The number of thiocarbonyl (C=S) groups is 1. The van der Waals surface area contributed by atoms with Crippen LogP contribution >= 0.6 is 44.1 Å². The summed E-state index contributed by atoms with van der Waals surface area (Å²) in [5, 5.41) is 5.09. The first-order valence-electron chi connectivity index (χ1n) is 9.89. The third-order valence-corrected chi connectivity index (χ3v) is 5.60. The van der Waals surface area contributed by atoms with Crippen molar-refractivity contribution >= 4 is 72.6 Å². The number of benzene rings is 2. The number of rotatable bonds is 7. The molecule has 0 radical (unpaired) electrons. The van der Waals surface area contributed by atoms with Crippen molar-refractivity contribution in [1.29, 1.82) is 0 Å². The standard InChI is InChI=1S/C22H24Br2N4O4S/c1-12-4-5-17(13(2)8-12)25-18(29)6-7-19(30)27-28-22(33)26-20(31)11-32-21-14(3)9-15(23)10-16(21)24/h4-5,8-10H,6-7,11H2,1-3H3,(H,25,29)(H,27,30)(H2,26,28,31,33). The number of aryl methyl sites for hydroxylation is 3. The molecule has 0 atom stereocenters. The van der Waals surface area contributed by atoms with E-state index in [0.717, 1.165) is 21.2 Å². The number of carbonyl (C=O) groups is 3. The third kappa shape index (κ3) is 9.10. The van der Waals surface area contributed by atoms with Crippen molar-refractivity contribution in [3.63, 3.8) is 0 Å². The Balaban J connectivity index is 1.68. The number of ether oxygens (including phenoxy) is 1. The fraction of sp³-hybridized carbons (Fsp3) is 0.273. The van der Waals surface area contributed by atoms with Crippen LogP contribution in [0, 0.1) is 20.8 Å². The number of amides is 3. The second-order valence-electron chi connectivity index (χ2n) is 7.24. The largest absolute Gasteiger partial charge is 0.482 e. The van der Waals surface area contributed by atoms with Gasteiger partial charge in [0.15, 0.2) is 11.7 Å². The molecule has 4 N–H and O–H groups in total. The first kappa shape index (κ1) is 26.7. The Kier molecular flexibility index (Phi) is 10.3.